The summed E-state index contributed by atoms with van der Waals surface area (Å²) in [6.07, 6.45) is 52.9. The first-order valence-corrected chi connectivity index (χ1v) is 18.1. The molecule has 0 amide bonds. The molecule has 0 unspecified atom stereocenters. The molecule has 0 radical (unpaired) electrons. The quantitative estimate of drug-likeness (QED) is 0.0598. The third-order valence-electron chi connectivity index (χ3n) is 8.37. The molecule has 0 N–H and O–H groups in total. The first-order chi connectivity index (χ1) is 18.4. The highest BCUT2D eigenvalue weighted by Gasteiger charge is 1.96. The second-order valence-corrected chi connectivity index (χ2v) is 12.3. The van der Waals surface area contributed by atoms with Gasteiger partial charge < -0.3 is 0 Å². The van der Waals surface area contributed by atoms with Gasteiger partial charge in [0, 0.05) is 0 Å². The average molecular weight is 519 g/mol. The molecule has 0 aromatic carbocycles. The molecule has 0 fully saturated rings. The molecule has 37 heavy (non-hydrogen) atoms. The maximum Gasteiger partial charge on any atom is -0.0351 e. The Balaban J connectivity index is 3.05. The molecule has 0 nitrogen and oxygen atoms in total. The van der Waals surface area contributed by atoms with Crippen molar-refractivity contribution in [3.8, 4) is 0 Å². The third-order valence-corrected chi connectivity index (χ3v) is 8.37. The Morgan fingerprint density at radius 2 is 0.378 bits per heavy atom. The van der Waals surface area contributed by atoms with Gasteiger partial charge in [-0.2, -0.15) is 0 Å². The average Bonchev–Trinajstić information content (AvgIpc) is 2.91. The van der Waals surface area contributed by atoms with Crippen molar-refractivity contribution >= 4 is 0 Å². The molecular weight excluding hydrogens is 444 g/mol. The van der Waals surface area contributed by atoms with Gasteiger partial charge in [-0.25, -0.2) is 0 Å². The third kappa shape index (κ3) is 35.7. The summed E-state index contributed by atoms with van der Waals surface area (Å²) in [4.78, 5) is 0. The lowest BCUT2D eigenvalue weighted by molar-refractivity contribution is 0.516. The number of allylic oxidation sites excluding steroid dienone is 2. The summed E-state index contributed by atoms with van der Waals surface area (Å²) >= 11 is 0. The van der Waals surface area contributed by atoms with E-state index in [1.165, 1.54) is 212 Å². The van der Waals surface area contributed by atoms with Crippen molar-refractivity contribution < 1.29 is 0 Å². The molecule has 0 aliphatic rings. The normalized spacial score (nSPS) is 11.7. The Kier molecular flexibility index (Phi) is 35.5. The van der Waals surface area contributed by atoms with E-state index >= 15 is 0 Å². The highest BCUT2D eigenvalue weighted by Crippen LogP contribution is 2.16. The minimum Gasteiger partial charge on any atom is -0.0885 e. The monoisotopic (exact) mass is 519 g/mol. The molecule has 0 saturated heterocycles. The predicted octanol–water partition coefficient (Wildman–Crippen LogP) is 14.5. The van der Waals surface area contributed by atoms with Crippen LogP contribution in [0.5, 0.6) is 0 Å². The molecule has 0 spiro atoms. The molecule has 0 rings (SSSR count). The van der Waals surface area contributed by atoms with Crippen LogP contribution < -0.4 is 0 Å². The van der Waals surface area contributed by atoms with Gasteiger partial charge >= 0.3 is 0 Å². The number of unbranched alkanes of at least 4 members (excludes halogenated alkanes) is 31. The van der Waals surface area contributed by atoms with Crippen LogP contribution in [0.15, 0.2) is 12.2 Å². The number of rotatable bonds is 33. The van der Waals surface area contributed by atoms with Crippen LogP contribution in [0.25, 0.3) is 0 Å². The molecule has 222 valence electrons. The van der Waals surface area contributed by atoms with Crippen LogP contribution in [-0.2, 0) is 0 Å². The fourth-order valence-corrected chi connectivity index (χ4v) is 5.68. The molecule has 0 atom stereocenters. The highest BCUT2D eigenvalue weighted by molar-refractivity contribution is 4.81. The predicted molar refractivity (Wildman–Crippen MR) is 173 cm³/mol. The lowest BCUT2D eigenvalue weighted by atomic mass is 10.0. The van der Waals surface area contributed by atoms with Crippen molar-refractivity contribution in [2.45, 2.75) is 226 Å². The second-order valence-electron chi connectivity index (χ2n) is 12.3. The lowest BCUT2D eigenvalue weighted by Crippen LogP contribution is -1.84. The molecule has 0 aliphatic heterocycles. The van der Waals surface area contributed by atoms with Gasteiger partial charge in [0.2, 0.25) is 0 Å². The van der Waals surface area contributed by atoms with E-state index in [9.17, 15) is 0 Å². The molecule has 0 heterocycles. The number of hydrogen-bond acceptors (Lipinski definition) is 0. The van der Waals surface area contributed by atoms with E-state index in [0.717, 1.165) is 0 Å². The van der Waals surface area contributed by atoms with Crippen molar-refractivity contribution in [3.05, 3.63) is 12.2 Å². The zero-order valence-corrected chi connectivity index (χ0v) is 26.5. The van der Waals surface area contributed by atoms with E-state index in [-0.39, 0.29) is 0 Å². The van der Waals surface area contributed by atoms with Crippen LogP contribution in [0.4, 0.5) is 0 Å². The van der Waals surface area contributed by atoms with Gasteiger partial charge in [-0.1, -0.05) is 212 Å². The van der Waals surface area contributed by atoms with Crippen molar-refractivity contribution in [2.24, 2.45) is 0 Å². The van der Waals surface area contributed by atoms with Crippen molar-refractivity contribution in [1.29, 1.82) is 0 Å². The lowest BCUT2D eigenvalue weighted by Gasteiger charge is -2.04. The smallest absolute Gasteiger partial charge is 0.0351 e. The van der Waals surface area contributed by atoms with Gasteiger partial charge in [0.05, 0.1) is 0 Å². The minimum absolute atomic E-state index is 1.31. The Morgan fingerprint density at radius 3 is 0.568 bits per heavy atom. The largest absolute Gasteiger partial charge is 0.0885 e. The second kappa shape index (κ2) is 35.7. The maximum atomic E-state index is 2.45. The van der Waals surface area contributed by atoms with Crippen LogP contribution in [0.2, 0.25) is 0 Å². The van der Waals surface area contributed by atoms with E-state index in [1.54, 1.807) is 0 Å². The Morgan fingerprint density at radius 1 is 0.216 bits per heavy atom. The molecule has 0 heteroatoms. The van der Waals surface area contributed by atoms with Crippen LogP contribution in [0, 0.1) is 0 Å². The van der Waals surface area contributed by atoms with E-state index < -0.39 is 0 Å². The summed E-state index contributed by atoms with van der Waals surface area (Å²) in [5.41, 5.74) is 0. The van der Waals surface area contributed by atoms with E-state index in [2.05, 4.69) is 26.0 Å². The van der Waals surface area contributed by atoms with E-state index in [1.807, 2.05) is 0 Å². The molecule has 0 aromatic heterocycles. The molecule has 0 aliphatic carbocycles. The van der Waals surface area contributed by atoms with Gasteiger partial charge in [-0.3, -0.25) is 0 Å². The topological polar surface area (TPSA) is 0 Å². The van der Waals surface area contributed by atoms with Crippen molar-refractivity contribution in [3.63, 3.8) is 0 Å². The molecule has 0 bridgehead atoms. The SMILES string of the molecule is CCCCCCCC/C=C/CCCCCCCCCCCCCCCCCCCCCCCCCCC. The van der Waals surface area contributed by atoms with Gasteiger partial charge in [0.1, 0.15) is 0 Å². The van der Waals surface area contributed by atoms with E-state index in [0.29, 0.717) is 0 Å². The molecular formula is C37H74. The summed E-state index contributed by atoms with van der Waals surface area (Å²) in [5.74, 6) is 0. The maximum absolute atomic E-state index is 2.45. The summed E-state index contributed by atoms with van der Waals surface area (Å²) in [5, 5.41) is 0. The first-order valence-electron chi connectivity index (χ1n) is 18.1. The van der Waals surface area contributed by atoms with Gasteiger partial charge in [0.25, 0.3) is 0 Å². The molecule has 0 saturated carbocycles. The van der Waals surface area contributed by atoms with Crippen LogP contribution in [-0.4, -0.2) is 0 Å². The van der Waals surface area contributed by atoms with Crippen molar-refractivity contribution in [2.75, 3.05) is 0 Å². The van der Waals surface area contributed by atoms with Crippen LogP contribution in [0.3, 0.4) is 0 Å². The van der Waals surface area contributed by atoms with Crippen LogP contribution >= 0.6 is 0 Å². The Bertz CT molecular complexity index is 395. The summed E-state index contributed by atoms with van der Waals surface area (Å²) in [6.45, 7) is 4.61. The minimum atomic E-state index is 1.31. The standard InChI is InChI=1S/C37H74/c1-3-5-7-9-11-13-15-17-19-21-23-25-27-29-31-33-35-37-36-34-32-30-28-26-24-22-20-18-16-14-12-10-8-6-4-2/h17,19H,3-16,18,20-37H2,1-2H3/b19-17+. The first kappa shape index (κ1) is 36.7. The van der Waals surface area contributed by atoms with Crippen molar-refractivity contribution in [1.82, 2.24) is 0 Å². The summed E-state index contributed by atoms with van der Waals surface area (Å²) in [7, 11) is 0. The molecule has 0 aromatic rings. The van der Waals surface area contributed by atoms with Gasteiger partial charge in [-0.15, -0.1) is 0 Å². The highest BCUT2D eigenvalue weighted by atomic mass is 14.0. The van der Waals surface area contributed by atoms with Gasteiger partial charge in [-0.05, 0) is 25.7 Å². The number of hydrogen-bond donors (Lipinski definition) is 0. The summed E-state index contributed by atoms with van der Waals surface area (Å²) < 4.78 is 0. The Labute approximate surface area is 237 Å². The fraction of sp³-hybridized carbons (Fsp3) is 0.946. The van der Waals surface area contributed by atoms with Gasteiger partial charge in [0.15, 0.2) is 0 Å². The fourth-order valence-electron chi connectivity index (χ4n) is 5.68. The Hall–Kier alpha value is -0.260. The van der Waals surface area contributed by atoms with Crippen LogP contribution in [0.1, 0.15) is 226 Å². The zero-order chi connectivity index (χ0) is 26.7. The zero-order valence-electron chi connectivity index (χ0n) is 26.5. The summed E-state index contributed by atoms with van der Waals surface area (Å²) in [6, 6.07) is 0. The van der Waals surface area contributed by atoms with E-state index in [4.69, 9.17) is 0 Å².